The van der Waals surface area contributed by atoms with E-state index in [1.54, 1.807) is 41.3 Å². The summed E-state index contributed by atoms with van der Waals surface area (Å²) in [7, 11) is 0. The van der Waals surface area contributed by atoms with Crippen molar-refractivity contribution >= 4 is 38.7 Å². The standard InChI is InChI=1S/C21H21N5OS2/c27-10-7-14(17-6-3-11-28-17)24-20-18-13-4-1-2-5-16(13)29-21(18)26-19(25-20)15-12-22-8-9-23-15/h3,6,8-9,11-12,14,27H,1-2,4-5,7,10H2,(H,24,25,26). The molecule has 4 aromatic rings. The van der Waals surface area contributed by atoms with E-state index in [0.29, 0.717) is 17.9 Å². The number of nitrogens with one attached hydrogen (secondary N) is 1. The van der Waals surface area contributed by atoms with Gasteiger partial charge in [0.2, 0.25) is 0 Å². The summed E-state index contributed by atoms with van der Waals surface area (Å²) in [6, 6.07) is 4.15. The fraction of sp³-hybridized carbons (Fsp3) is 0.333. The van der Waals surface area contributed by atoms with E-state index in [4.69, 9.17) is 9.97 Å². The number of aryl methyl sites for hydroxylation is 2. The van der Waals surface area contributed by atoms with E-state index in [1.165, 1.54) is 28.2 Å². The molecule has 8 heteroatoms. The molecule has 0 bridgehead atoms. The molecule has 1 aliphatic carbocycles. The highest BCUT2D eigenvalue weighted by molar-refractivity contribution is 7.19. The second kappa shape index (κ2) is 8.14. The molecule has 6 nitrogen and oxygen atoms in total. The van der Waals surface area contributed by atoms with Gasteiger partial charge in [-0.2, -0.15) is 0 Å². The van der Waals surface area contributed by atoms with Gasteiger partial charge < -0.3 is 10.4 Å². The molecule has 0 radical (unpaired) electrons. The van der Waals surface area contributed by atoms with Crippen molar-refractivity contribution in [2.45, 2.75) is 38.1 Å². The van der Waals surface area contributed by atoms with Gasteiger partial charge in [0, 0.05) is 28.8 Å². The van der Waals surface area contributed by atoms with Crippen molar-refractivity contribution in [1.82, 2.24) is 19.9 Å². The molecule has 1 atom stereocenters. The van der Waals surface area contributed by atoms with Crippen molar-refractivity contribution in [2.75, 3.05) is 11.9 Å². The lowest BCUT2D eigenvalue weighted by molar-refractivity contribution is 0.280. The first-order valence-corrected chi connectivity index (χ1v) is 11.5. The van der Waals surface area contributed by atoms with E-state index in [2.05, 4.69) is 26.7 Å². The number of aromatic nitrogens is 4. The summed E-state index contributed by atoms with van der Waals surface area (Å²) in [5, 5.41) is 16.5. The van der Waals surface area contributed by atoms with Gasteiger partial charge >= 0.3 is 0 Å². The fourth-order valence-electron chi connectivity index (χ4n) is 3.86. The Morgan fingerprint density at radius 2 is 2.10 bits per heavy atom. The number of anilines is 1. The number of aliphatic hydroxyl groups excluding tert-OH is 1. The topological polar surface area (TPSA) is 83.8 Å². The minimum Gasteiger partial charge on any atom is -0.396 e. The maximum absolute atomic E-state index is 9.63. The zero-order chi connectivity index (χ0) is 19.6. The number of nitrogens with zero attached hydrogens (tertiary/aromatic N) is 4. The van der Waals surface area contributed by atoms with E-state index in [-0.39, 0.29) is 12.6 Å². The Morgan fingerprint density at radius 1 is 1.17 bits per heavy atom. The Balaban J connectivity index is 1.66. The lowest BCUT2D eigenvalue weighted by Crippen LogP contribution is -2.13. The van der Waals surface area contributed by atoms with Crippen LogP contribution in [-0.2, 0) is 12.8 Å². The van der Waals surface area contributed by atoms with Crippen molar-refractivity contribution in [3.8, 4) is 11.5 Å². The van der Waals surface area contributed by atoms with E-state index in [9.17, 15) is 5.11 Å². The van der Waals surface area contributed by atoms with Crippen LogP contribution in [0, 0.1) is 0 Å². The lowest BCUT2D eigenvalue weighted by Gasteiger charge is -2.19. The number of fused-ring (bicyclic) bond motifs is 3. The molecule has 0 spiro atoms. The van der Waals surface area contributed by atoms with Crippen LogP contribution in [0.4, 0.5) is 5.82 Å². The van der Waals surface area contributed by atoms with Crippen LogP contribution in [0.1, 0.15) is 40.6 Å². The van der Waals surface area contributed by atoms with Crippen LogP contribution in [0.15, 0.2) is 36.1 Å². The third-order valence-corrected chi connectivity index (χ3v) is 7.39. The Bertz CT molecular complexity index is 1110. The summed E-state index contributed by atoms with van der Waals surface area (Å²) in [6.45, 7) is 0.114. The summed E-state index contributed by atoms with van der Waals surface area (Å²) in [5.74, 6) is 1.42. The van der Waals surface area contributed by atoms with Crippen molar-refractivity contribution in [3.63, 3.8) is 0 Å². The number of thiophene rings is 2. The molecule has 5 rings (SSSR count). The van der Waals surface area contributed by atoms with Gasteiger partial charge in [-0.15, -0.1) is 22.7 Å². The zero-order valence-electron chi connectivity index (χ0n) is 15.8. The second-order valence-electron chi connectivity index (χ2n) is 7.10. The van der Waals surface area contributed by atoms with E-state index in [0.717, 1.165) is 28.9 Å². The van der Waals surface area contributed by atoms with Gasteiger partial charge in [0.15, 0.2) is 5.82 Å². The highest BCUT2D eigenvalue weighted by Gasteiger charge is 2.23. The quantitative estimate of drug-likeness (QED) is 0.471. The third kappa shape index (κ3) is 3.63. The molecule has 0 saturated heterocycles. The van der Waals surface area contributed by atoms with Crippen molar-refractivity contribution in [1.29, 1.82) is 0 Å². The van der Waals surface area contributed by atoms with Crippen molar-refractivity contribution in [3.05, 3.63) is 51.4 Å². The molecule has 0 aromatic carbocycles. The van der Waals surface area contributed by atoms with E-state index >= 15 is 0 Å². The molecule has 29 heavy (non-hydrogen) atoms. The maximum Gasteiger partial charge on any atom is 0.183 e. The van der Waals surface area contributed by atoms with Gasteiger partial charge in [0.05, 0.1) is 17.6 Å². The molecule has 4 heterocycles. The van der Waals surface area contributed by atoms with Crippen LogP contribution in [0.3, 0.4) is 0 Å². The molecular weight excluding hydrogens is 402 g/mol. The molecular formula is C21H21N5OS2. The minimum atomic E-state index is 0.00643. The molecule has 2 N–H and O–H groups in total. The predicted octanol–water partition coefficient (Wildman–Crippen LogP) is 4.62. The SMILES string of the molecule is OCCC(Nc1nc(-c2cnccn2)nc2sc3c(c12)CCCC3)c1cccs1. The van der Waals surface area contributed by atoms with Crippen LogP contribution in [-0.4, -0.2) is 31.6 Å². The number of hydrogen-bond donors (Lipinski definition) is 2. The Morgan fingerprint density at radius 3 is 2.90 bits per heavy atom. The lowest BCUT2D eigenvalue weighted by atomic mass is 9.97. The first-order valence-electron chi connectivity index (χ1n) is 9.83. The molecule has 0 saturated carbocycles. The Labute approximate surface area is 176 Å². The highest BCUT2D eigenvalue weighted by atomic mass is 32.1. The molecule has 0 fully saturated rings. The minimum absolute atomic E-state index is 0.00643. The van der Waals surface area contributed by atoms with Gasteiger partial charge in [-0.05, 0) is 49.1 Å². The van der Waals surface area contributed by atoms with Crippen molar-refractivity contribution < 1.29 is 5.11 Å². The monoisotopic (exact) mass is 423 g/mol. The first kappa shape index (κ1) is 18.6. The fourth-order valence-corrected chi connectivity index (χ4v) is 5.93. The second-order valence-corrected chi connectivity index (χ2v) is 9.17. The Hall–Kier alpha value is -2.42. The van der Waals surface area contributed by atoms with Gasteiger partial charge in [-0.1, -0.05) is 6.07 Å². The average molecular weight is 424 g/mol. The van der Waals surface area contributed by atoms with Crippen LogP contribution in [0.2, 0.25) is 0 Å². The highest BCUT2D eigenvalue weighted by Crippen LogP contribution is 2.40. The number of aliphatic hydroxyl groups is 1. The largest absolute Gasteiger partial charge is 0.396 e. The summed E-state index contributed by atoms with van der Waals surface area (Å²) in [6.07, 6.45) is 10.3. The van der Waals surface area contributed by atoms with Crippen LogP contribution in [0.25, 0.3) is 21.7 Å². The normalized spacial score (nSPS) is 14.7. The maximum atomic E-state index is 9.63. The molecule has 1 aliphatic rings. The van der Waals surface area contributed by atoms with Crippen LogP contribution >= 0.6 is 22.7 Å². The summed E-state index contributed by atoms with van der Waals surface area (Å²) >= 11 is 3.46. The zero-order valence-corrected chi connectivity index (χ0v) is 17.5. The smallest absolute Gasteiger partial charge is 0.183 e. The number of hydrogen-bond acceptors (Lipinski definition) is 8. The summed E-state index contributed by atoms with van der Waals surface area (Å²) in [4.78, 5) is 21.9. The summed E-state index contributed by atoms with van der Waals surface area (Å²) in [5.41, 5.74) is 2.05. The molecule has 1 unspecified atom stereocenters. The number of rotatable bonds is 6. The predicted molar refractivity (Wildman–Crippen MR) is 117 cm³/mol. The summed E-state index contributed by atoms with van der Waals surface area (Å²) < 4.78 is 0. The van der Waals surface area contributed by atoms with Gasteiger partial charge in [0.25, 0.3) is 0 Å². The molecule has 0 aliphatic heterocycles. The van der Waals surface area contributed by atoms with Crippen LogP contribution < -0.4 is 5.32 Å². The van der Waals surface area contributed by atoms with Gasteiger partial charge in [0.1, 0.15) is 16.3 Å². The van der Waals surface area contributed by atoms with E-state index in [1.807, 2.05) is 6.07 Å². The van der Waals surface area contributed by atoms with Crippen LogP contribution in [0.5, 0.6) is 0 Å². The Kier molecular flexibility index (Phi) is 5.22. The molecule has 148 valence electrons. The first-order chi connectivity index (χ1) is 14.3. The molecule has 4 aromatic heterocycles. The van der Waals surface area contributed by atoms with E-state index < -0.39 is 0 Å². The third-order valence-electron chi connectivity index (χ3n) is 5.22. The molecule has 0 amide bonds. The average Bonchev–Trinajstić information content (AvgIpc) is 3.42. The van der Waals surface area contributed by atoms with Gasteiger partial charge in [-0.25, -0.2) is 15.0 Å². The van der Waals surface area contributed by atoms with Crippen molar-refractivity contribution in [2.24, 2.45) is 0 Å². The van der Waals surface area contributed by atoms with Gasteiger partial charge in [-0.3, -0.25) is 4.98 Å².